The number of ether oxygens (including phenoxy) is 9. The lowest BCUT2D eigenvalue weighted by Crippen LogP contribution is -2.68. The lowest BCUT2D eigenvalue weighted by Gasteiger charge is -2.49. The molecule has 0 aromatic heterocycles. The average molecular weight is 795 g/mol. The second-order valence-electron chi connectivity index (χ2n) is 13.9. The van der Waals surface area contributed by atoms with E-state index in [0.717, 1.165) is 0 Å². The van der Waals surface area contributed by atoms with Crippen LogP contribution in [0.15, 0.2) is 0 Å². The second-order valence-corrected chi connectivity index (χ2v) is 13.9. The molecule has 24 nitrogen and oxygen atoms in total. The van der Waals surface area contributed by atoms with Crippen molar-refractivity contribution in [3.8, 4) is 0 Å². The van der Waals surface area contributed by atoms with Gasteiger partial charge in [-0.15, -0.1) is 0 Å². The highest BCUT2D eigenvalue weighted by atomic mass is 16.8. The topological polar surface area (TPSA) is 383 Å². The van der Waals surface area contributed by atoms with Crippen LogP contribution < -0.4 is 0 Å². The molecule has 0 bridgehead atoms. The van der Waals surface area contributed by atoms with Crippen LogP contribution in [-0.2, 0) is 47.4 Å². The quantitative estimate of drug-likeness (QED) is 0.0976. The summed E-state index contributed by atoms with van der Waals surface area (Å²) in [4.78, 5) is 12.3. The zero-order valence-electron chi connectivity index (χ0n) is 29.0. The van der Waals surface area contributed by atoms with Crippen LogP contribution in [0.4, 0.5) is 0 Å². The standard InChI is InChI=1S/C30H50O24/c1-5-9(32)13(36)18(41)27(46-5)50-20-17(40)19(42)28(54-24(20)25(43)44)52-22-14(37)10(33)7(3)48-30(22)53-23-15(38)11(34)6(2)47-29(23)51-21-16(39)12(35)8(4-31)49-26(21)45/h5-24,26-42,45H,4H2,1-3H3,(H,43,44)/t5-,6-,7-,8+,9-,10-,11-,12-,13+,14+,15+,16-,17+,18+,19+,20-,21+,22+,23+,24-,26-,27-,28-,29-,30-/m0/s1. The summed E-state index contributed by atoms with van der Waals surface area (Å²) in [6.45, 7) is 3.14. The van der Waals surface area contributed by atoms with Crippen molar-refractivity contribution >= 4 is 5.97 Å². The van der Waals surface area contributed by atoms with Crippen LogP contribution in [0.2, 0.25) is 0 Å². The molecule has 5 rings (SSSR count). The van der Waals surface area contributed by atoms with E-state index in [-0.39, 0.29) is 0 Å². The normalized spacial score (nSPS) is 54.6. The highest BCUT2D eigenvalue weighted by Crippen LogP contribution is 2.36. The molecule has 5 heterocycles. The van der Waals surface area contributed by atoms with Crippen LogP contribution in [0.3, 0.4) is 0 Å². The first-order valence-corrected chi connectivity index (χ1v) is 17.2. The third-order valence-corrected chi connectivity index (χ3v) is 10.2. The van der Waals surface area contributed by atoms with Gasteiger partial charge in [-0.05, 0) is 20.8 Å². The van der Waals surface area contributed by atoms with Crippen molar-refractivity contribution in [1.82, 2.24) is 0 Å². The van der Waals surface area contributed by atoms with Crippen molar-refractivity contribution in [3.63, 3.8) is 0 Å². The zero-order chi connectivity index (χ0) is 40.1. The van der Waals surface area contributed by atoms with E-state index in [1.54, 1.807) is 0 Å². The van der Waals surface area contributed by atoms with E-state index in [9.17, 15) is 76.3 Å². The van der Waals surface area contributed by atoms with Crippen LogP contribution in [-0.4, -0.2) is 238 Å². The van der Waals surface area contributed by atoms with E-state index in [0.29, 0.717) is 0 Å². The first-order chi connectivity index (χ1) is 25.3. The van der Waals surface area contributed by atoms with E-state index >= 15 is 0 Å². The van der Waals surface area contributed by atoms with Crippen LogP contribution in [0.5, 0.6) is 0 Å². The van der Waals surface area contributed by atoms with E-state index in [4.69, 9.17) is 42.6 Å². The molecule has 0 aliphatic carbocycles. The third kappa shape index (κ3) is 8.56. The fourth-order valence-electron chi connectivity index (χ4n) is 6.78. The van der Waals surface area contributed by atoms with E-state index in [2.05, 4.69) is 0 Å². The van der Waals surface area contributed by atoms with Gasteiger partial charge in [0.2, 0.25) is 0 Å². The number of aliphatic carboxylic acids is 1. The van der Waals surface area contributed by atoms with Crippen molar-refractivity contribution in [3.05, 3.63) is 0 Å². The van der Waals surface area contributed by atoms with Crippen molar-refractivity contribution < 1.29 is 119 Å². The average Bonchev–Trinajstić information content (AvgIpc) is 3.13. The first-order valence-electron chi connectivity index (χ1n) is 17.2. The smallest absolute Gasteiger partial charge is 0.335 e. The Kier molecular flexibility index (Phi) is 14.3. The molecular weight excluding hydrogens is 744 g/mol. The van der Waals surface area contributed by atoms with Crippen molar-refractivity contribution in [2.75, 3.05) is 6.61 Å². The number of aliphatic hydroxyl groups excluding tert-OH is 13. The molecule has 5 aliphatic rings. The van der Waals surface area contributed by atoms with E-state index < -0.39 is 166 Å². The van der Waals surface area contributed by atoms with Crippen LogP contribution >= 0.6 is 0 Å². The predicted octanol–water partition coefficient (Wildman–Crippen LogP) is -8.75. The van der Waals surface area contributed by atoms with Gasteiger partial charge in [-0.2, -0.15) is 0 Å². The molecule has 0 spiro atoms. The summed E-state index contributed by atoms with van der Waals surface area (Å²) < 4.78 is 49.8. The Labute approximate surface area is 306 Å². The van der Waals surface area contributed by atoms with Crippen molar-refractivity contribution in [2.45, 2.75) is 174 Å². The number of hydrogen-bond donors (Lipinski definition) is 14. The minimum Gasteiger partial charge on any atom is -0.479 e. The van der Waals surface area contributed by atoms with Gasteiger partial charge in [0, 0.05) is 0 Å². The number of aliphatic hydroxyl groups is 13. The summed E-state index contributed by atoms with van der Waals surface area (Å²) in [5.74, 6) is -1.79. The van der Waals surface area contributed by atoms with Crippen LogP contribution in [0, 0.1) is 0 Å². The fourth-order valence-corrected chi connectivity index (χ4v) is 6.78. The number of rotatable bonds is 10. The second kappa shape index (κ2) is 17.6. The van der Waals surface area contributed by atoms with E-state index in [1.165, 1.54) is 20.8 Å². The Morgan fingerprint density at radius 1 is 0.444 bits per heavy atom. The van der Waals surface area contributed by atoms with Gasteiger partial charge in [0.25, 0.3) is 0 Å². The summed E-state index contributed by atoms with van der Waals surface area (Å²) in [7, 11) is 0. The van der Waals surface area contributed by atoms with Gasteiger partial charge >= 0.3 is 5.97 Å². The monoisotopic (exact) mass is 794 g/mol. The van der Waals surface area contributed by atoms with Gasteiger partial charge in [-0.1, -0.05) is 0 Å². The molecular formula is C30H50O24. The molecule has 14 N–H and O–H groups in total. The summed E-state index contributed by atoms with van der Waals surface area (Å²) in [5.41, 5.74) is 0. The highest BCUT2D eigenvalue weighted by molar-refractivity contribution is 5.73. The van der Waals surface area contributed by atoms with Crippen LogP contribution in [0.1, 0.15) is 20.8 Å². The fraction of sp³-hybridized carbons (Fsp3) is 0.967. The summed E-state index contributed by atoms with van der Waals surface area (Å²) >= 11 is 0. The van der Waals surface area contributed by atoms with Gasteiger partial charge in [-0.3, -0.25) is 0 Å². The van der Waals surface area contributed by atoms with Gasteiger partial charge in [0.05, 0.1) is 24.9 Å². The molecule has 0 saturated carbocycles. The van der Waals surface area contributed by atoms with Gasteiger partial charge in [0.15, 0.2) is 37.6 Å². The maximum Gasteiger partial charge on any atom is 0.335 e. The van der Waals surface area contributed by atoms with Gasteiger partial charge in [-0.25, -0.2) is 4.79 Å². The molecule has 0 amide bonds. The molecule has 0 aromatic rings. The third-order valence-electron chi connectivity index (χ3n) is 10.2. The Hall–Kier alpha value is -1.41. The molecule has 5 saturated heterocycles. The zero-order valence-corrected chi connectivity index (χ0v) is 29.0. The number of carboxylic acid groups (broad SMARTS) is 1. The molecule has 24 heteroatoms. The minimum absolute atomic E-state index is 0.786. The lowest BCUT2D eigenvalue weighted by molar-refractivity contribution is -0.403. The van der Waals surface area contributed by atoms with Crippen molar-refractivity contribution in [2.24, 2.45) is 0 Å². The van der Waals surface area contributed by atoms with Gasteiger partial charge in [0.1, 0.15) is 97.7 Å². The van der Waals surface area contributed by atoms with Crippen molar-refractivity contribution in [1.29, 1.82) is 0 Å². The number of carboxylic acids is 1. The summed E-state index contributed by atoms with van der Waals surface area (Å²) in [6.07, 6.45) is -45.2. The molecule has 5 fully saturated rings. The highest BCUT2D eigenvalue weighted by Gasteiger charge is 2.57. The molecule has 5 aliphatic heterocycles. The Morgan fingerprint density at radius 2 is 0.815 bits per heavy atom. The SMILES string of the molecule is C[C@@H]1O[C@@H](O[C@H]2[C@H](O)[C@@H](O)[C@@H](O[C@H]3[C@H](O[C@H]4[C@H](O[C@@H]5[C@@H](O)[C@@H](O)[C@@H](CO)O[C@@H]5O)O[C@@H](C)[C@H](O)[C@H]4O)O[C@@H](C)[C@H](O)[C@H]3O)O[C@@H]2C(=O)O)[C@H](O)[C@H](O)[C@H]1O. The number of hydrogen-bond acceptors (Lipinski definition) is 23. The van der Waals surface area contributed by atoms with Gasteiger partial charge < -0.3 is 114 Å². The molecule has 25 atom stereocenters. The van der Waals surface area contributed by atoms with E-state index in [1.807, 2.05) is 0 Å². The molecule has 0 aromatic carbocycles. The first kappa shape index (κ1) is 43.7. The maximum atomic E-state index is 12.3. The Bertz CT molecular complexity index is 1230. The molecule has 0 radical (unpaired) electrons. The number of carbonyl (C=O) groups is 1. The lowest BCUT2D eigenvalue weighted by atomic mass is 9.96. The summed E-state index contributed by atoms with van der Waals surface area (Å²) in [6, 6.07) is 0. The largest absolute Gasteiger partial charge is 0.479 e. The Morgan fingerprint density at radius 3 is 1.31 bits per heavy atom. The minimum atomic E-state index is -2.21. The molecule has 314 valence electrons. The molecule has 0 unspecified atom stereocenters. The molecule has 54 heavy (non-hydrogen) atoms. The summed E-state index contributed by atoms with van der Waals surface area (Å²) in [5, 5.41) is 147. The maximum absolute atomic E-state index is 12.3. The van der Waals surface area contributed by atoms with Crippen LogP contribution in [0.25, 0.3) is 0 Å². The Balaban J connectivity index is 1.36. The predicted molar refractivity (Wildman–Crippen MR) is 163 cm³/mol.